The Morgan fingerprint density at radius 1 is 1.00 bits per heavy atom. The Balaban J connectivity index is 3.54. The molecule has 0 radical (unpaired) electrons. The minimum atomic E-state index is -3.34. The highest BCUT2D eigenvalue weighted by atomic mass is 16.7. The van der Waals surface area contributed by atoms with Gasteiger partial charge < -0.3 is 25.2 Å². The summed E-state index contributed by atoms with van der Waals surface area (Å²) in [6.07, 6.45) is 6.62. The molecule has 0 amide bonds. The number of carboxylic acid groups (broad SMARTS) is 1. The predicted molar refractivity (Wildman–Crippen MR) is 69.4 cm³/mol. The molecule has 0 aliphatic rings. The molecule has 1 atom stereocenters. The Morgan fingerprint density at radius 3 is 1.89 bits per heavy atom. The second kappa shape index (κ2) is 10.1. The summed E-state index contributed by atoms with van der Waals surface area (Å²) < 4.78 is 4.76. The molecule has 19 heavy (non-hydrogen) atoms. The molecule has 0 aliphatic carbocycles. The summed E-state index contributed by atoms with van der Waals surface area (Å²) in [5.41, 5.74) is 0. The SMILES string of the molecule is CCCCCCCCCCOC(C(=O)O)C(O)(O)O. The fourth-order valence-corrected chi connectivity index (χ4v) is 1.79. The molecule has 0 aromatic heterocycles. The highest BCUT2D eigenvalue weighted by Crippen LogP contribution is 2.11. The topological polar surface area (TPSA) is 107 Å². The zero-order chi connectivity index (χ0) is 14.7. The summed E-state index contributed by atoms with van der Waals surface area (Å²) in [4.78, 5) is 10.6. The van der Waals surface area contributed by atoms with Crippen molar-refractivity contribution in [2.24, 2.45) is 0 Å². The van der Waals surface area contributed by atoms with Crippen LogP contribution in [0.25, 0.3) is 0 Å². The first-order valence-electron chi connectivity index (χ1n) is 6.91. The highest BCUT2D eigenvalue weighted by Gasteiger charge is 2.39. The number of rotatable bonds is 12. The van der Waals surface area contributed by atoms with Gasteiger partial charge in [-0.1, -0.05) is 51.9 Å². The molecule has 0 saturated carbocycles. The second-order valence-corrected chi connectivity index (χ2v) is 4.75. The molecule has 0 fully saturated rings. The fourth-order valence-electron chi connectivity index (χ4n) is 1.79. The first-order valence-corrected chi connectivity index (χ1v) is 6.91. The van der Waals surface area contributed by atoms with Crippen molar-refractivity contribution in [2.75, 3.05) is 6.61 Å². The normalized spacial score (nSPS) is 13.5. The third kappa shape index (κ3) is 9.84. The molecular formula is C13H26O6. The number of unbranched alkanes of at least 4 members (excludes halogenated alkanes) is 7. The van der Waals surface area contributed by atoms with Crippen LogP contribution < -0.4 is 0 Å². The van der Waals surface area contributed by atoms with Gasteiger partial charge in [-0.2, -0.15) is 0 Å². The summed E-state index contributed by atoms with van der Waals surface area (Å²) in [7, 11) is 0. The van der Waals surface area contributed by atoms with E-state index in [0.717, 1.165) is 19.3 Å². The Labute approximate surface area is 114 Å². The van der Waals surface area contributed by atoms with Crippen LogP contribution >= 0.6 is 0 Å². The number of hydrogen-bond acceptors (Lipinski definition) is 5. The van der Waals surface area contributed by atoms with E-state index < -0.39 is 18.0 Å². The van der Waals surface area contributed by atoms with Crippen molar-refractivity contribution in [3.8, 4) is 0 Å². The van der Waals surface area contributed by atoms with Crippen molar-refractivity contribution in [2.45, 2.75) is 70.4 Å². The number of carboxylic acids is 1. The lowest BCUT2D eigenvalue weighted by molar-refractivity contribution is -0.355. The molecule has 0 bridgehead atoms. The van der Waals surface area contributed by atoms with Crippen molar-refractivity contribution in [3.63, 3.8) is 0 Å². The molecule has 0 aromatic rings. The van der Waals surface area contributed by atoms with Crippen LogP contribution in [-0.2, 0) is 9.53 Å². The van der Waals surface area contributed by atoms with Gasteiger partial charge in [-0.15, -0.1) is 0 Å². The van der Waals surface area contributed by atoms with Crippen LogP contribution in [0.5, 0.6) is 0 Å². The van der Waals surface area contributed by atoms with E-state index in [9.17, 15) is 4.79 Å². The monoisotopic (exact) mass is 278 g/mol. The third-order valence-corrected chi connectivity index (χ3v) is 2.86. The Morgan fingerprint density at radius 2 is 1.47 bits per heavy atom. The van der Waals surface area contributed by atoms with Gasteiger partial charge in [0.25, 0.3) is 0 Å². The molecule has 0 saturated heterocycles. The zero-order valence-corrected chi connectivity index (χ0v) is 11.5. The number of aliphatic carboxylic acids is 1. The van der Waals surface area contributed by atoms with Crippen LogP contribution in [0.2, 0.25) is 0 Å². The van der Waals surface area contributed by atoms with E-state index in [4.69, 9.17) is 25.2 Å². The number of hydrogen-bond donors (Lipinski definition) is 4. The van der Waals surface area contributed by atoms with Gasteiger partial charge >= 0.3 is 11.9 Å². The Hall–Kier alpha value is -0.690. The highest BCUT2D eigenvalue weighted by molar-refractivity contribution is 5.73. The van der Waals surface area contributed by atoms with E-state index in [-0.39, 0.29) is 6.61 Å². The number of aliphatic hydroxyl groups is 3. The molecule has 0 spiro atoms. The summed E-state index contributed by atoms with van der Waals surface area (Å²) in [6, 6.07) is 0. The van der Waals surface area contributed by atoms with Gasteiger partial charge in [0, 0.05) is 6.61 Å². The zero-order valence-electron chi connectivity index (χ0n) is 11.5. The van der Waals surface area contributed by atoms with Crippen LogP contribution in [-0.4, -0.2) is 45.1 Å². The maximum atomic E-state index is 10.6. The molecule has 6 nitrogen and oxygen atoms in total. The molecule has 6 heteroatoms. The van der Waals surface area contributed by atoms with Gasteiger partial charge in [-0.25, -0.2) is 4.79 Å². The Bertz CT molecular complexity index is 236. The standard InChI is InChI=1S/C13H26O6/c1-2-3-4-5-6-7-8-9-10-19-11(12(14)15)13(16,17)18/h11,16-18H,2-10H2,1H3,(H,14,15). The number of carbonyl (C=O) groups is 1. The van der Waals surface area contributed by atoms with Gasteiger partial charge in [0.2, 0.25) is 6.10 Å². The van der Waals surface area contributed by atoms with E-state index in [0.29, 0.717) is 6.42 Å². The van der Waals surface area contributed by atoms with Gasteiger partial charge in [-0.3, -0.25) is 0 Å². The molecule has 114 valence electrons. The van der Waals surface area contributed by atoms with Crippen molar-refractivity contribution in [1.29, 1.82) is 0 Å². The first kappa shape index (κ1) is 18.3. The lowest BCUT2D eigenvalue weighted by Crippen LogP contribution is -2.48. The third-order valence-electron chi connectivity index (χ3n) is 2.86. The van der Waals surface area contributed by atoms with Crippen LogP contribution in [0, 0.1) is 0 Å². The minimum absolute atomic E-state index is 0.0787. The van der Waals surface area contributed by atoms with Gasteiger partial charge in [0.15, 0.2) is 0 Å². The molecule has 0 heterocycles. The average Bonchev–Trinajstić information content (AvgIpc) is 2.29. The fraction of sp³-hybridized carbons (Fsp3) is 0.923. The average molecular weight is 278 g/mol. The van der Waals surface area contributed by atoms with Gasteiger partial charge in [-0.05, 0) is 6.42 Å². The van der Waals surface area contributed by atoms with E-state index in [1.165, 1.54) is 25.7 Å². The second-order valence-electron chi connectivity index (χ2n) is 4.75. The number of ether oxygens (including phenoxy) is 1. The molecular weight excluding hydrogens is 252 g/mol. The molecule has 0 aromatic carbocycles. The summed E-state index contributed by atoms with van der Waals surface area (Å²) in [6.45, 7) is 2.25. The molecule has 4 N–H and O–H groups in total. The summed E-state index contributed by atoms with van der Waals surface area (Å²) in [5, 5.41) is 35.0. The van der Waals surface area contributed by atoms with E-state index in [2.05, 4.69) is 6.92 Å². The van der Waals surface area contributed by atoms with Crippen molar-refractivity contribution >= 4 is 5.97 Å². The van der Waals surface area contributed by atoms with Crippen molar-refractivity contribution < 1.29 is 30.0 Å². The summed E-state index contributed by atoms with van der Waals surface area (Å²) >= 11 is 0. The lowest BCUT2D eigenvalue weighted by Gasteiger charge is -2.22. The van der Waals surface area contributed by atoms with Crippen LogP contribution in [0.1, 0.15) is 58.3 Å². The van der Waals surface area contributed by atoms with Crippen molar-refractivity contribution in [1.82, 2.24) is 0 Å². The predicted octanol–water partition coefficient (Wildman–Crippen LogP) is 1.23. The molecule has 0 rings (SSSR count). The Kier molecular flexibility index (Phi) is 9.77. The minimum Gasteiger partial charge on any atom is -0.479 e. The van der Waals surface area contributed by atoms with Gasteiger partial charge in [0.05, 0.1) is 0 Å². The maximum absolute atomic E-state index is 10.6. The van der Waals surface area contributed by atoms with E-state index in [1.54, 1.807) is 0 Å². The lowest BCUT2D eigenvalue weighted by atomic mass is 10.1. The largest absolute Gasteiger partial charge is 0.479 e. The van der Waals surface area contributed by atoms with E-state index in [1.807, 2.05) is 0 Å². The molecule has 0 aliphatic heterocycles. The maximum Gasteiger partial charge on any atom is 0.341 e. The molecule has 1 unspecified atom stereocenters. The van der Waals surface area contributed by atoms with E-state index >= 15 is 0 Å². The van der Waals surface area contributed by atoms with Crippen LogP contribution in [0.3, 0.4) is 0 Å². The van der Waals surface area contributed by atoms with Crippen LogP contribution in [0.15, 0.2) is 0 Å². The smallest absolute Gasteiger partial charge is 0.341 e. The van der Waals surface area contributed by atoms with Crippen LogP contribution in [0.4, 0.5) is 0 Å². The van der Waals surface area contributed by atoms with Crippen molar-refractivity contribution in [3.05, 3.63) is 0 Å². The van der Waals surface area contributed by atoms with Gasteiger partial charge in [0.1, 0.15) is 0 Å². The summed E-state index contributed by atoms with van der Waals surface area (Å²) in [5.74, 6) is -4.95. The first-order chi connectivity index (χ1) is 8.89. The quantitative estimate of drug-likeness (QED) is 0.316.